The smallest absolute Gasteiger partial charge is 0.184 e. The largest absolute Gasteiger partial charge is 0.391 e. The molecule has 5 rings (SSSR count). The highest BCUT2D eigenvalue weighted by molar-refractivity contribution is 7.22. The number of pyridine rings is 1. The first-order chi connectivity index (χ1) is 13.7. The number of rotatable bonds is 4. The molecule has 2 atom stereocenters. The van der Waals surface area contributed by atoms with E-state index in [2.05, 4.69) is 32.4 Å². The molecule has 0 spiro atoms. The minimum atomic E-state index is -0.285. The lowest BCUT2D eigenvalue weighted by molar-refractivity contribution is 0.116. The predicted octanol–water partition coefficient (Wildman–Crippen LogP) is 4.46. The van der Waals surface area contributed by atoms with E-state index in [1.807, 2.05) is 16.7 Å². The van der Waals surface area contributed by atoms with Gasteiger partial charge < -0.3 is 15.0 Å². The number of nitrogens with zero attached hydrogens (tertiary/aromatic N) is 4. The molecule has 2 unspecified atom stereocenters. The number of aliphatic hydroxyl groups is 1. The quantitative estimate of drug-likeness (QED) is 0.516. The van der Waals surface area contributed by atoms with Gasteiger partial charge >= 0.3 is 0 Å². The number of aromatic nitrogens is 4. The van der Waals surface area contributed by atoms with E-state index < -0.39 is 0 Å². The van der Waals surface area contributed by atoms with E-state index in [9.17, 15) is 5.11 Å². The van der Waals surface area contributed by atoms with Gasteiger partial charge in [-0.05, 0) is 36.6 Å². The number of halogens is 1. The standard InChI is InChI=1S/C20H20ClN5OS/c21-13-8-16-19(22-9-13)26(11-23-16)10-12-5-6-15-18(7-12)28-20(25-15)24-14-3-1-2-4-17(14)27/h5-9,11,14,17,27H,1-4,10H2,(H,24,25). The van der Waals surface area contributed by atoms with Crippen molar-refractivity contribution in [2.24, 2.45) is 0 Å². The van der Waals surface area contributed by atoms with Gasteiger partial charge in [0.2, 0.25) is 0 Å². The molecule has 1 aliphatic rings. The van der Waals surface area contributed by atoms with Crippen LogP contribution in [0.5, 0.6) is 0 Å². The molecule has 1 aromatic carbocycles. The maximum absolute atomic E-state index is 10.2. The fourth-order valence-corrected chi connectivity index (χ4v) is 4.95. The van der Waals surface area contributed by atoms with Crippen LogP contribution in [0, 0.1) is 0 Å². The van der Waals surface area contributed by atoms with Crippen molar-refractivity contribution in [3.8, 4) is 0 Å². The normalized spacial score (nSPS) is 20.1. The number of nitrogens with one attached hydrogen (secondary N) is 1. The van der Waals surface area contributed by atoms with Crippen LogP contribution in [0.2, 0.25) is 5.02 Å². The van der Waals surface area contributed by atoms with E-state index in [1.54, 1.807) is 23.9 Å². The molecule has 28 heavy (non-hydrogen) atoms. The summed E-state index contributed by atoms with van der Waals surface area (Å²) in [7, 11) is 0. The molecule has 3 heterocycles. The highest BCUT2D eigenvalue weighted by Gasteiger charge is 2.23. The Hall–Kier alpha value is -2.22. The van der Waals surface area contributed by atoms with Crippen LogP contribution in [0.3, 0.4) is 0 Å². The van der Waals surface area contributed by atoms with E-state index in [0.717, 1.165) is 57.8 Å². The molecule has 0 amide bonds. The highest BCUT2D eigenvalue weighted by Crippen LogP contribution is 2.30. The molecule has 0 aliphatic heterocycles. The Labute approximate surface area is 171 Å². The summed E-state index contributed by atoms with van der Waals surface area (Å²) in [6, 6.07) is 8.22. The van der Waals surface area contributed by atoms with Crippen LogP contribution in [0.4, 0.5) is 5.13 Å². The molecular formula is C20H20ClN5OS. The van der Waals surface area contributed by atoms with Crippen LogP contribution in [0.1, 0.15) is 31.2 Å². The molecule has 4 aromatic rings. The fourth-order valence-electron chi connectivity index (χ4n) is 3.80. The number of anilines is 1. The number of hydrogen-bond acceptors (Lipinski definition) is 6. The molecule has 2 N–H and O–H groups in total. The Morgan fingerprint density at radius 3 is 2.96 bits per heavy atom. The molecular weight excluding hydrogens is 394 g/mol. The Morgan fingerprint density at radius 2 is 2.07 bits per heavy atom. The second kappa shape index (κ2) is 7.31. The average molecular weight is 414 g/mol. The SMILES string of the molecule is OC1CCCCC1Nc1nc2ccc(Cn3cnc4cc(Cl)cnc43)cc2s1. The van der Waals surface area contributed by atoms with E-state index in [-0.39, 0.29) is 12.1 Å². The maximum atomic E-state index is 10.2. The van der Waals surface area contributed by atoms with Crippen LogP contribution >= 0.6 is 22.9 Å². The van der Waals surface area contributed by atoms with Crippen LogP contribution in [-0.4, -0.2) is 36.8 Å². The lowest BCUT2D eigenvalue weighted by Gasteiger charge is -2.27. The number of benzene rings is 1. The van der Waals surface area contributed by atoms with Gasteiger partial charge in [-0.1, -0.05) is 41.8 Å². The molecule has 0 radical (unpaired) electrons. The summed E-state index contributed by atoms with van der Waals surface area (Å²) in [5.41, 5.74) is 3.75. The van der Waals surface area contributed by atoms with Crippen LogP contribution in [-0.2, 0) is 6.54 Å². The van der Waals surface area contributed by atoms with E-state index in [0.29, 0.717) is 11.6 Å². The lowest BCUT2D eigenvalue weighted by Crippen LogP contribution is -2.36. The van der Waals surface area contributed by atoms with Crippen LogP contribution < -0.4 is 5.32 Å². The second-order valence-electron chi connectivity index (χ2n) is 7.29. The van der Waals surface area contributed by atoms with Gasteiger partial charge in [-0.2, -0.15) is 0 Å². The van der Waals surface area contributed by atoms with Gasteiger partial charge in [0, 0.05) is 6.20 Å². The minimum Gasteiger partial charge on any atom is -0.391 e. The number of imidazole rings is 1. The fraction of sp³-hybridized carbons (Fsp3) is 0.350. The summed E-state index contributed by atoms with van der Waals surface area (Å²) >= 11 is 7.63. The molecule has 3 aromatic heterocycles. The summed E-state index contributed by atoms with van der Waals surface area (Å²) in [4.78, 5) is 13.5. The van der Waals surface area contributed by atoms with Crippen molar-refractivity contribution in [3.05, 3.63) is 47.4 Å². The van der Waals surface area contributed by atoms with Crippen molar-refractivity contribution < 1.29 is 5.11 Å². The molecule has 0 saturated heterocycles. The van der Waals surface area contributed by atoms with Crippen molar-refractivity contribution in [3.63, 3.8) is 0 Å². The van der Waals surface area contributed by atoms with Crippen molar-refractivity contribution in [1.29, 1.82) is 0 Å². The Balaban J connectivity index is 1.38. The Kier molecular flexibility index (Phi) is 4.66. The third-order valence-corrected chi connectivity index (χ3v) is 6.42. The third-order valence-electron chi connectivity index (χ3n) is 5.27. The molecule has 8 heteroatoms. The first-order valence-electron chi connectivity index (χ1n) is 9.46. The molecule has 1 aliphatic carbocycles. The molecule has 6 nitrogen and oxygen atoms in total. The summed E-state index contributed by atoms with van der Waals surface area (Å²) in [6.07, 6.45) is 7.27. The Bertz CT molecular complexity index is 1140. The van der Waals surface area contributed by atoms with Gasteiger partial charge in [-0.3, -0.25) is 0 Å². The van der Waals surface area contributed by atoms with Gasteiger partial charge in [0.25, 0.3) is 0 Å². The van der Waals surface area contributed by atoms with E-state index in [1.165, 1.54) is 0 Å². The van der Waals surface area contributed by atoms with E-state index >= 15 is 0 Å². The van der Waals surface area contributed by atoms with Crippen LogP contribution in [0.25, 0.3) is 21.4 Å². The summed E-state index contributed by atoms with van der Waals surface area (Å²) < 4.78 is 3.15. The number of hydrogen-bond donors (Lipinski definition) is 2. The number of fused-ring (bicyclic) bond motifs is 2. The van der Waals surface area contributed by atoms with Crippen molar-refractivity contribution in [2.45, 2.75) is 44.4 Å². The average Bonchev–Trinajstić information content (AvgIpc) is 3.26. The van der Waals surface area contributed by atoms with E-state index in [4.69, 9.17) is 11.6 Å². The van der Waals surface area contributed by atoms with Crippen molar-refractivity contribution in [2.75, 3.05) is 5.32 Å². The summed E-state index contributed by atoms with van der Waals surface area (Å²) in [5, 5.41) is 15.1. The maximum Gasteiger partial charge on any atom is 0.184 e. The van der Waals surface area contributed by atoms with Gasteiger partial charge in [0.1, 0.15) is 5.52 Å². The second-order valence-corrected chi connectivity index (χ2v) is 8.76. The minimum absolute atomic E-state index is 0.101. The monoisotopic (exact) mass is 413 g/mol. The number of aliphatic hydroxyl groups excluding tert-OH is 1. The molecule has 144 valence electrons. The number of thiazole rings is 1. The predicted molar refractivity (Wildman–Crippen MR) is 113 cm³/mol. The molecule has 1 fully saturated rings. The topological polar surface area (TPSA) is 75.9 Å². The third kappa shape index (κ3) is 3.45. The van der Waals surface area contributed by atoms with Gasteiger partial charge in [0.15, 0.2) is 10.8 Å². The zero-order valence-electron chi connectivity index (χ0n) is 15.2. The highest BCUT2D eigenvalue weighted by atomic mass is 35.5. The zero-order chi connectivity index (χ0) is 19.1. The first kappa shape index (κ1) is 17.8. The Morgan fingerprint density at radius 1 is 1.18 bits per heavy atom. The van der Waals surface area contributed by atoms with Crippen LogP contribution in [0.15, 0.2) is 36.8 Å². The lowest BCUT2D eigenvalue weighted by atomic mass is 9.93. The summed E-state index contributed by atoms with van der Waals surface area (Å²) in [6.45, 7) is 0.684. The molecule has 1 saturated carbocycles. The van der Waals surface area contributed by atoms with Crippen molar-refractivity contribution in [1.82, 2.24) is 19.5 Å². The van der Waals surface area contributed by atoms with Gasteiger partial charge in [-0.15, -0.1) is 0 Å². The summed E-state index contributed by atoms with van der Waals surface area (Å²) in [5.74, 6) is 0. The molecule has 0 bridgehead atoms. The van der Waals surface area contributed by atoms with Gasteiger partial charge in [-0.25, -0.2) is 15.0 Å². The van der Waals surface area contributed by atoms with Gasteiger partial charge in [0.05, 0.1) is 40.3 Å². The zero-order valence-corrected chi connectivity index (χ0v) is 16.7. The first-order valence-corrected chi connectivity index (χ1v) is 10.7. The van der Waals surface area contributed by atoms with Crippen molar-refractivity contribution >= 4 is 49.4 Å².